The molecule has 0 unspecified atom stereocenters. The van der Waals surface area contributed by atoms with Crippen LogP contribution in [0.5, 0.6) is 0 Å². The van der Waals surface area contributed by atoms with Crippen molar-refractivity contribution in [1.82, 2.24) is 4.98 Å². The molecule has 0 atom stereocenters. The molecule has 0 fully saturated rings. The van der Waals surface area contributed by atoms with Crippen molar-refractivity contribution < 1.29 is 14.7 Å². The van der Waals surface area contributed by atoms with Gasteiger partial charge in [0.1, 0.15) is 0 Å². The molecule has 16 heavy (non-hydrogen) atoms. The van der Waals surface area contributed by atoms with E-state index in [1.54, 1.807) is 18.2 Å². The van der Waals surface area contributed by atoms with E-state index in [9.17, 15) is 9.59 Å². The SMILES string of the molecule is O=Cc1ccc(-c2ncccc2C(=O)O)s1. The second-order valence-corrected chi connectivity index (χ2v) is 4.14. The zero-order chi connectivity index (χ0) is 11.5. The monoisotopic (exact) mass is 233 g/mol. The molecule has 80 valence electrons. The fourth-order valence-electron chi connectivity index (χ4n) is 1.32. The van der Waals surface area contributed by atoms with Crippen LogP contribution in [0.3, 0.4) is 0 Å². The summed E-state index contributed by atoms with van der Waals surface area (Å²) >= 11 is 1.22. The molecule has 0 aliphatic rings. The van der Waals surface area contributed by atoms with Gasteiger partial charge in [0.2, 0.25) is 0 Å². The van der Waals surface area contributed by atoms with E-state index in [0.29, 0.717) is 15.4 Å². The highest BCUT2D eigenvalue weighted by Gasteiger charge is 2.13. The van der Waals surface area contributed by atoms with Crippen molar-refractivity contribution in [2.24, 2.45) is 0 Å². The maximum atomic E-state index is 11.0. The zero-order valence-electron chi connectivity index (χ0n) is 8.08. The van der Waals surface area contributed by atoms with Crippen molar-refractivity contribution >= 4 is 23.6 Å². The summed E-state index contributed by atoms with van der Waals surface area (Å²) < 4.78 is 0. The molecule has 0 aliphatic heterocycles. The van der Waals surface area contributed by atoms with E-state index in [-0.39, 0.29) is 5.56 Å². The molecule has 2 heterocycles. The first kappa shape index (κ1) is 10.5. The van der Waals surface area contributed by atoms with E-state index in [0.717, 1.165) is 6.29 Å². The molecule has 0 radical (unpaired) electrons. The van der Waals surface area contributed by atoms with Crippen molar-refractivity contribution in [2.45, 2.75) is 0 Å². The maximum absolute atomic E-state index is 11.0. The predicted molar refractivity (Wildman–Crippen MR) is 59.9 cm³/mol. The first-order chi connectivity index (χ1) is 7.72. The van der Waals surface area contributed by atoms with Gasteiger partial charge in [0.05, 0.1) is 21.0 Å². The predicted octanol–water partition coefficient (Wildman–Crippen LogP) is 2.32. The molecule has 1 N–H and O–H groups in total. The Morgan fingerprint density at radius 3 is 2.81 bits per heavy atom. The minimum absolute atomic E-state index is 0.141. The van der Waals surface area contributed by atoms with Gasteiger partial charge in [-0.1, -0.05) is 0 Å². The number of nitrogens with zero attached hydrogens (tertiary/aromatic N) is 1. The smallest absolute Gasteiger partial charge is 0.337 e. The molecular formula is C11H7NO3S. The number of carbonyl (C=O) groups is 2. The normalized spacial score (nSPS) is 10.0. The lowest BCUT2D eigenvalue weighted by molar-refractivity contribution is 0.0697. The van der Waals surface area contributed by atoms with Crippen molar-refractivity contribution in [3.63, 3.8) is 0 Å². The summed E-state index contributed by atoms with van der Waals surface area (Å²) in [5, 5.41) is 8.99. The van der Waals surface area contributed by atoms with Crippen LogP contribution in [0.2, 0.25) is 0 Å². The summed E-state index contributed by atoms with van der Waals surface area (Å²) in [5.41, 5.74) is 0.537. The number of aromatic nitrogens is 1. The van der Waals surface area contributed by atoms with E-state index in [2.05, 4.69) is 4.98 Å². The van der Waals surface area contributed by atoms with Gasteiger partial charge in [0.15, 0.2) is 6.29 Å². The highest BCUT2D eigenvalue weighted by Crippen LogP contribution is 2.28. The molecule has 0 aromatic carbocycles. The van der Waals surface area contributed by atoms with Gasteiger partial charge in [-0.3, -0.25) is 9.78 Å². The average molecular weight is 233 g/mol. The van der Waals surface area contributed by atoms with Gasteiger partial charge in [0.25, 0.3) is 0 Å². The fraction of sp³-hybridized carbons (Fsp3) is 0. The van der Waals surface area contributed by atoms with E-state index in [1.807, 2.05) is 0 Å². The van der Waals surface area contributed by atoms with Crippen LogP contribution in [0, 0.1) is 0 Å². The van der Waals surface area contributed by atoms with E-state index in [1.165, 1.54) is 23.6 Å². The van der Waals surface area contributed by atoms with E-state index in [4.69, 9.17) is 5.11 Å². The minimum Gasteiger partial charge on any atom is -0.478 e. The third-order valence-corrected chi connectivity index (χ3v) is 3.03. The van der Waals surface area contributed by atoms with Crippen LogP contribution in [0.15, 0.2) is 30.5 Å². The Balaban J connectivity index is 2.54. The molecule has 0 saturated heterocycles. The first-order valence-electron chi connectivity index (χ1n) is 4.46. The lowest BCUT2D eigenvalue weighted by Gasteiger charge is -2.00. The van der Waals surface area contributed by atoms with Crippen molar-refractivity contribution in [3.8, 4) is 10.6 Å². The summed E-state index contributed by atoms with van der Waals surface area (Å²) in [6.45, 7) is 0. The third-order valence-electron chi connectivity index (χ3n) is 2.01. The molecule has 0 aliphatic carbocycles. The lowest BCUT2D eigenvalue weighted by Crippen LogP contribution is -2.00. The number of aldehydes is 1. The Morgan fingerprint density at radius 2 is 2.19 bits per heavy atom. The summed E-state index contributed by atoms with van der Waals surface area (Å²) in [7, 11) is 0. The Bertz CT molecular complexity index is 548. The minimum atomic E-state index is -1.02. The molecule has 0 saturated carbocycles. The molecular weight excluding hydrogens is 226 g/mol. The highest BCUT2D eigenvalue weighted by atomic mass is 32.1. The Kier molecular flexibility index (Phi) is 2.78. The number of pyridine rings is 1. The van der Waals surface area contributed by atoms with Gasteiger partial charge in [-0.05, 0) is 24.3 Å². The summed E-state index contributed by atoms with van der Waals surface area (Å²) in [5.74, 6) is -1.02. The van der Waals surface area contributed by atoms with Gasteiger partial charge in [0, 0.05) is 6.20 Å². The number of carbonyl (C=O) groups excluding carboxylic acids is 1. The lowest BCUT2D eigenvalue weighted by atomic mass is 10.1. The largest absolute Gasteiger partial charge is 0.478 e. The molecule has 0 bridgehead atoms. The highest BCUT2D eigenvalue weighted by molar-refractivity contribution is 7.17. The van der Waals surface area contributed by atoms with Crippen LogP contribution in [-0.4, -0.2) is 22.3 Å². The quantitative estimate of drug-likeness (QED) is 0.826. The van der Waals surface area contributed by atoms with Crippen LogP contribution in [0.25, 0.3) is 10.6 Å². The molecule has 2 aromatic rings. The maximum Gasteiger partial charge on any atom is 0.337 e. The Morgan fingerprint density at radius 1 is 1.38 bits per heavy atom. The van der Waals surface area contributed by atoms with Crippen molar-refractivity contribution in [2.75, 3.05) is 0 Å². The van der Waals surface area contributed by atoms with Gasteiger partial charge < -0.3 is 5.11 Å². The summed E-state index contributed by atoms with van der Waals surface area (Å²) in [4.78, 5) is 26.8. The topological polar surface area (TPSA) is 67.3 Å². The van der Waals surface area contributed by atoms with Crippen LogP contribution < -0.4 is 0 Å². The molecule has 2 aromatic heterocycles. The Labute approximate surface area is 95.2 Å². The summed E-state index contributed by atoms with van der Waals surface area (Å²) in [6, 6.07) is 6.41. The molecule has 5 heteroatoms. The number of hydrogen-bond acceptors (Lipinski definition) is 4. The number of carboxylic acids is 1. The number of carboxylic acid groups (broad SMARTS) is 1. The van der Waals surface area contributed by atoms with Crippen LogP contribution >= 0.6 is 11.3 Å². The summed E-state index contributed by atoms with van der Waals surface area (Å²) in [6.07, 6.45) is 2.26. The van der Waals surface area contributed by atoms with Gasteiger partial charge in [-0.15, -0.1) is 11.3 Å². The molecule has 0 spiro atoms. The van der Waals surface area contributed by atoms with Gasteiger partial charge in [-0.25, -0.2) is 4.79 Å². The second-order valence-electron chi connectivity index (χ2n) is 3.02. The number of aromatic carboxylic acids is 1. The standard InChI is InChI=1S/C11H7NO3S/c13-6-7-3-4-9(16-7)10-8(11(14)15)2-1-5-12-10/h1-6H,(H,14,15). The van der Waals surface area contributed by atoms with E-state index < -0.39 is 5.97 Å². The number of rotatable bonds is 3. The molecule has 0 amide bonds. The molecule has 2 rings (SSSR count). The molecule has 4 nitrogen and oxygen atoms in total. The first-order valence-corrected chi connectivity index (χ1v) is 5.27. The van der Waals surface area contributed by atoms with Gasteiger partial charge >= 0.3 is 5.97 Å². The third kappa shape index (κ3) is 1.85. The average Bonchev–Trinajstić information content (AvgIpc) is 2.77. The van der Waals surface area contributed by atoms with Crippen molar-refractivity contribution in [1.29, 1.82) is 0 Å². The zero-order valence-corrected chi connectivity index (χ0v) is 8.90. The van der Waals surface area contributed by atoms with Gasteiger partial charge in [-0.2, -0.15) is 0 Å². The Hall–Kier alpha value is -2.01. The van der Waals surface area contributed by atoms with Crippen molar-refractivity contribution in [3.05, 3.63) is 40.9 Å². The second kappa shape index (κ2) is 4.24. The number of thiophene rings is 1. The van der Waals surface area contributed by atoms with Crippen LogP contribution in [-0.2, 0) is 0 Å². The number of hydrogen-bond donors (Lipinski definition) is 1. The van der Waals surface area contributed by atoms with E-state index >= 15 is 0 Å². The van der Waals surface area contributed by atoms with Crippen LogP contribution in [0.1, 0.15) is 20.0 Å². The fourth-order valence-corrected chi connectivity index (χ4v) is 2.15. The van der Waals surface area contributed by atoms with Crippen LogP contribution in [0.4, 0.5) is 0 Å².